The van der Waals surface area contributed by atoms with Crippen LogP contribution in [0.2, 0.25) is 0 Å². The lowest BCUT2D eigenvalue weighted by Crippen LogP contribution is -2.37. The largest absolute Gasteiger partial charge is 0.355 e. The molecule has 3 aromatic heterocycles. The van der Waals surface area contributed by atoms with Crippen LogP contribution in [-0.2, 0) is 21.7 Å². The number of nitrogens with one attached hydrogen (secondary N) is 2. The molecule has 2 aliphatic heterocycles. The maximum atomic E-state index is 5.18. The molecule has 0 spiro atoms. The average Bonchev–Trinajstić information content (AvgIpc) is 3.39. The quantitative estimate of drug-likeness (QED) is 0.414. The number of hydrogen-bond acceptors (Lipinski definition) is 2. The zero-order valence-electron chi connectivity index (χ0n) is 20.5. The van der Waals surface area contributed by atoms with E-state index >= 15 is 0 Å². The van der Waals surface area contributed by atoms with Crippen LogP contribution in [0.4, 0.5) is 0 Å². The molecule has 2 N–H and O–H groups in total. The molecule has 0 saturated heterocycles. The molecule has 3 aromatic rings. The van der Waals surface area contributed by atoms with Gasteiger partial charge in [-0.15, -0.1) is 0 Å². The van der Waals surface area contributed by atoms with Gasteiger partial charge >= 0.3 is 0 Å². The van der Waals surface area contributed by atoms with Crippen molar-refractivity contribution in [2.45, 2.75) is 77.0 Å². The lowest BCUT2D eigenvalue weighted by atomic mass is 9.64. The van der Waals surface area contributed by atoms with E-state index in [0.29, 0.717) is 0 Å². The van der Waals surface area contributed by atoms with Crippen molar-refractivity contribution in [1.82, 2.24) is 19.9 Å². The summed E-state index contributed by atoms with van der Waals surface area (Å²) in [5.74, 6) is 0. The third-order valence-electron chi connectivity index (χ3n) is 8.80. The molecule has 4 heteroatoms. The van der Waals surface area contributed by atoms with E-state index in [4.69, 9.17) is 9.97 Å². The van der Waals surface area contributed by atoms with Gasteiger partial charge in [0.25, 0.3) is 0 Å². The van der Waals surface area contributed by atoms with E-state index in [1.165, 1.54) is 0 Å². The van der Waals surface area contributed by atoms with Gasteiger partial charge in [0.05, 0.1) is 0 Å². The smallest absolute Gasteiger partial charge is 0.0493 e. The van der Waals surface area contributed by atoms with Gasteiger partial charge in [-0.2, -0.15) is 0 Å². The number of fused-ring (bicyclic) bond motifs is 8. The number of H-pyrrole nitrogens is 2. The first kappa shape index (κ1) is 21.0. The highest BCUT2D eigenvalue weighted by Crippen LogP contribution is 2.50. The summed E-state index contributed by atoms with van der Waals surface area (Å²) < 4.78 is 0. The van der Waals surface area contributed by atoms with Crippen LogP contribution in [0.3, 0.4) is 0 Å². The number of hydrogen-bond donors (Lipinski definition) is 2. The predicted molar refractivity (Wildman–Crippen MR) is 133 cm³/mol. The van der Waals surface area contributed by atoms with E-state index in [0.717, 1.165) is 44.8 Å². The number of rotatable bonds is 0. The fourth-order valence-corrected chi connectivity index (χ4v) is 4.74. The standard InChI is InChI=1S/C28H34N4/c1-25(2)21-14-19-11-9-17(29-19)13-18-10-12-20(30-18)15-22-26(3,4)28(7,8)24(32-22)16-23(31-21)27(25,5)6/h9-16,29-30H,1-8H3. The highest BCUT2D eigenvalue weighted by Gasteiger charge is 2.49. The summed E-state index contributed by atoms with van der Waals surface area (Å²) in [6.45, 7) is 18.4. The molecule has 0 unspecified atom stereocenters. The van der Waals surface area contributed by atoms with E-state index in [9.17, 15) is 0 Å². The van der Waals surface area contributed by atoms with Gasteiger partial charge in [-0.1, -0.05) is 55.4 Å². The summed E-state index contributed by atoms with van der Waals surface area (Å²) in [6, 6.07) is 17.3. The van der Waals surface area contributed by atoms with E-state index < -0.39 is 0 Å². The number of aromatic nitrogens is 4. The van der Waals surface area contributed by atoms with Gasteiger partial charge < -0.3 is 9.97 Å². The van der Waals surface area contributed by atoms with Crippen LogP contribution in [0.5, 0.6) is 0 Å². The second-order valence-corrected chi connectivity index (χ2v) is 11.6. The summed E-state index contributed by atoms with van der Waals surface area (Å²) in [7, 11) is 0. The monoisotopic (exact) mass is 426 g/mol. The molecule has 5 heterocycles. The van der Waals surface area contributed by atoms with Gasteiger partial charge in [0.2, 0.25) is 0 Å². The third-order valence-corrected chi connectivity index (χ3v) is 8.80. The summed E-state index contributed by atoms with van der Waals surface area (Å²) in [6.07, 6.45) is 0. The Kier molecular flexibility index (Phi) is 4.16. The molecule has 2 aliphatic rings. The van der Waals surface area contributed by atoms with Crippen molar-refractivity contribution in [2.24, 2.45) is 0 Å². The fraction of sp³-hybridized carbons (Fsp3) is 0.429. The highest BCUT2D eigenvalue weighted by molar-refractivity contribution is 5.68. The molecule has 0 saturated carbocycles. The molecule has 0 atom stereocenters. The molecule has 4 nitrogen and oxygen atoms in total. The molecule has 0 radical (unpaired) electrons. The van der Waals surface area contributed by atoms with Crippen LogP contribution < -0.4 is 0 Å². The minimum Gasteiger partial charge on any atom is -0.355 e. The van der Waals surface area contributed by atoms with Crippen molar-refractivity contribution in [1.29, 1.82) is 0 Å². The third kappa shape index (κ3) is 2.81. The van der Waals surface area contributed by atoms with Gasteiger partial charge in [-0.05, 0) is 48.5 Å². The number of nitrogens with zero attached hydrogens (tertiary/aromatic N) is 2. The molecular formula is C28H34N4. The molecule has 0 aromatic carbocycles. The van der Waals surface area contributed by atoms with Crippen molar-refractivity contribution >= 4 is 22.1 Å². The van der Waals surface area contributed by atoms with Gasteiger partial charge in [-0.3, -0.25) is 9.97 Å². The van der Waals surface area contributed by atoms with Crippen LogP contribution in [0.25, 0.3) is 22.1 Å². The first-order valence-corrected chi connectivity index (χ1v) is 11.5. The lowest BCUT2D eigenvalue weighted by Gasteiger charge is -2.36. The molecule has 32 heavy (non-hydrogen) atoms. The maximum absolute atomic E-state index is 5.18. The minimum atomic E-state index is -0.114. The summed E-state index contributed by atoms with van der Waals surface area (Å²) >= 11 is 0. The SMILES string of the molecule is CC1(C)c2cc3nc(cc4ccc(cc5ccc(cc(n2)C1(C)C)[nH]5)[nH]4)C(C)(C)C3(C)C. The van der Waals surface area contributed by atoms with Gasteiger partial charge in [0.1, 0.15) is 0 Å². The average molecular weight is 427 g/mol. The Morgan fingerprint density at radius 1 is 0.438 bits per heavy atom. The second kappa shape index (κ2) is 6.34. The first-order chi connectivity index (χ1) is 14.8. The van der Waals surface area contributed by atoms with Gasteiger partial charge in [0, 0.05) is 66.5 Å². The Balaban J connectivity index is 1.93. The van der Waals surface area contributed by atoms with E-state index in [1.54, 1.807) is 0 Å². The minimum absolute atomic E-state index is 0.104. The fourth-order valence-electron chi connectivity index (χ4n) is 4.74. The Bertz CT molecular complexity index is 1280. The molecule has 5 rings (SSSR count). The summed E-state index contributed by atoms with van der Waals surface area (Å²) in [5.41, 5.74) is 8.25. The van der Waals surface area contributed by atoms with Crippen LogP contribution in [0.1, 0.15) is 78.2 Å². The Morgan fingerprint density at radius 3 is 1.06 bits per heavy atom. The van der Waals surface area contributed by atoms with Crippen molar-refractivity contribution in [3.8, 4) is 0 Å². The van der Waals surface area contributed by atoms with Crippen LogP contribution >= 0.6 is 0 Å². The predicted octanol–water partition coefficient (Wildman–Crippen LogP) is 6.83. The lowest BCUT2D eigenvalue weighted by molar-refractivity contribution is 0.314. The Labute approximate surface area is 190 Å². The Morgan fingerprint density at radius 2 is 0.719 bits per heavy atom. The topological polar surface area (TPSA) is 57.4 Å². The van der Waals surface area contributed by atoms with Crippen molar-refractivity contribution < 1.29 is 0 Å². The number of aromatic amines is 2. The van der Waals surface area contributed by atoms with E-state index in [-0.39, 0.29) is 21.7 Å². The molecular weight excluding hydrogens is 392 g/mol. The van der Waals surface area contributed by atoms with E-state index in [1.807, 2.05) is 0 Å². The van der Waals surface area contributed by atoms with Gasteiger partial charge in [-0.25, -0.2) is 0 Å². The normalized spacial score (nSPS) is 20.2. The first-order valence-electron chi connectivity index (χ1n) is 11.5. The summed E-state index contributed by atoms with van der Waals surface area (Å²) in [5, 5.41) is 0. The second-order valence-electron chi connectivity index (χ2n) is 11.6. The summed E-state index contributed by atoms with van der Waals surface area (Å²) in [4.78, 5) is 17.4. The Hall–Kier alpha value is -2.88. The van der Waals surface area contributed by atoms with Gasteiger partial charge in [0.15, 0.2) is 0 Å². The molecule has 0 aliphatic carbocycles. The van der Waals surface area contributed by atoms with Crippen LogP contribution in [-0.4, -0.2) is 19.9 Å². The molecule has 0 fully saturated rings. The molecule has 166 valence electrons. The zero-order valence-corrected chi connectivity index (χ0v) is 20.5. The molecule has 8 bridgehead atoms. The molecule has 0 amide bonds. The van der Waals surface area contributed by atoms with Crippen molar-refractivity contribution in [3.63, 3.8) is 0 Å². The highest BCUT2D eigenvalue weighted by atomic mass is 14.9. The zero-order chi connectivity index (χ0) is 23.1. The maximum Gasteiger partial charge on any atom is 0.0493 e. The van der Waals surface area contributed by atoms with Crippen molar-refractivity contribution in [3.05, 3.63) is 71.3 Å². The van der Waals surface area contributed by atoms with Crippen LogP contribution in [0.15, 0.2) is 48.5 Å². The van der Waals surface area contributed by atoms with Crippen molar-refractivity contribution in [2.75, 3.05) is 0 Å². The van der Waals surface area contributed by atoms with E-state index in [2.05, 4.69) is 114 Å². The van der Waals surface area contributed by atoms with Crippen LogP contribution in [0, 0.1) is 0 Å².